The average Bonchev–Trinajstić information content (AvgIpc) is 2.88. The lowest BCUT2D eigenvalue weighted by molar-refractivity contribution is -0.138. The fourth-order valence-corrected chi connectivity index (χ4v) is 4.17. The topological polar surface area (TPSA) is 130 Å². The third-order valence-corrected chi connectivity index (χ3v) is 6.12. The summed E-state index contributed by atoms with van der Waals surface area (Å²) in [6, 6.07) is 24.2. The minimum Gasteiger partial charge on any atom is -0.368 e. The standard InChI is InChI=1S/C28H28N4O4/c29-26(34)22(15-19-11-13-21(14-12-19)20-9-5-2-6-10-20)30-25(33)17-24-28(36)31-23(27(35)32-24)16-18-7-3-1-4-8-18/h1-14,22-24H,15-17H2,(H2,29,34)(H,30,33)(H,31,36)(H,32,35)/t22-,23+,24+/m1/s1. The third-order valence-electron chi connectivity index (χ3n) is 6.12. The summed E-state index contributed by atoms with van der Waals surface area (Å²) in [5, 5.41) is 7.90. The molecule has 8 nitrogen and oxygen atoms in total. The normalized spacial score (nSPS) is 18.0. The molecule has 3 atom stereocenters. The summed E-state index contributed by atoms with van der Waals surface area (Å²) >= 11 is 0. The molecule has 0 aliphatic carbocycles. The Morgan fingerprint density at radius 2 is 1.31 bits per heavy atom. The fraction of sp³-hybridized carbons (Fsp3) is 0.214. The first-order valence-corrected chi connectivity index (χ1v) is 11.8. The molecular formula is C28H28N4O4. The van der Waals surface area contributed by atoms with Crippen LogP contribution in [0.3, 0.4) is 0 Å². The van der Waals surface area contributed by atoms with Gasteiger partial charge in [0.15, 0.2) is 0 Å². The molecule has 8 heteroatoms. The van der Waals surface area contributed by atoms with Crippen LogP contribution in [0.1, 0.15) is 17.5 Å². The molecule has 0 aromatic heterocycles. The lowest BCUT2D eigenvalue weighted by Crippen LogP contribution is -2.63. The van der Waals surface area contributed by atoms with Gasteiger partial charge >= 0.3 is 0 Å². The van der Waals surface area contributed by atoms with E-state index >= 15 is 0 Å². The zero-order valence-corrected chi connectivity index (χ0v) is 19.6. The Hall–Kier alpha value is -4.46. The highest BCUT2D eigenvalue weighted by molar-refractivity contribution is 5.99. The van der Waals surface area contributed by atoms with Gasteiger partial charge in [0, 0.05) is 12.8 Å². The van der Waals surface area contributed by atoms with Crippen LogP contribution in [0.2, 0.25) is 0 Å². The van der Waals surface area contributed by atoms with E-state index in [1.165, 1.54) is 0 Å². The van der Waals surface area contributed by atoms with Crippen LogP contribution in [-0.2, 0) is 32.0 Å². The number of hydrogen-bond acceptors (Lipinski definition) is 4. The van der Waals surface area contributed by atoms with Gasteiger partial charge in [0.05, 0.1) is 6.42 Å². The molecule has 184 valence electrons. The van der Waals surface area contributed by atoms with Gasteiger partial charge in [-0.3, -0.25) is 19.2 Å². The molecule has 1 aliphatic rings. The zero-order chi connectivity index (χ0) is 25.5. The summed E-state index contributed by atoms with van der Waals surface area (Å²) in [4.78, 5) is 49.7. The van der Waals surface area contributed by atoms with Gasteiger partial charge in [0.25, 0.3) is 0 Å². The van der Waals surface area contributed by atoms with Crippen molar-refractivity contribution in [1.29, 1.82) is 0 Å². The second-order valence-electron chi connectivity index (χ2n) is 8.81. The number of carbonyl (C=O) groups excluding carboxylic acids is 4. The average molecular weight is 485 g/mol. The molecule has 36 heavy (non-hydrogen) atoms. The monoisotopic (exact) mass is 484 g/mol. The molecule has 1 fully saturated rings. The van der Waals surface area contributed by atoms with Crippen LogP contribution in [0.4, 0.5) is 0 Å². The number of hydrogen-bond donors (Lipinski definition) is 4. The van der Waals surface area contributed by atoms with E-state index in [-0.39, 0.29) is 18.7 Å². The number of piperazine rings is 1. The van der Waals surface area contributed by atoms with Gasteiger partial charge in [0.1, 0.15) is 18.1 Å². The highest BCUT2D eigenvalue weighted by Crippen LogP contribution is 2.20. The molecule has 3 aromatic carbocycles. The van der Waals surface area contributed by atoms with Crippen molar-refractivity contribution in [1.82, 2.24) is 16.0 Å². The first kappa shape index (κ1) is 24.7. The molecule has 0 radical (unpaired) electrons. The molecular weight excluding hydrogens is 456 g/mol. The van der Waals surface area contributed by atoms with Crippen molar-refractivity contribution in [2.75, 3.05) is 0 Å². The summed E-state index contributed by atoms with van der Waals surface area (Å²) in [5.74, 6) is -2.05. The molecule has 3 aromatic rings. The Morgan fingerprint density at radius 3 is 1.94 bits per heavy atom. The Labute approximate surface area is 209 Å². The lowest BCUT2D eigenvalue weighted by atomic mass is 9.99. The maximum absolute atomic E-state index is 12.6. The van der Waals surface area contributed by atoms with Crippen molar-refractivity contribution >= 4 is 23.6 Å². The Bertz CT molecular complexity index is 1230. The van der Waals surface area contributed by atoms with Gasteiger partial charge in [-0.05, 0) is 22.3 Å². The minimum absolute atomic E-state index is 0.207. The van der Waals surface area contributed by atoms with Crippen molar-refractivity contribution in [3.63, 3.8) is 0 Å². The number of primary amides is 1. The molecule has 0 unspecified atom stereocenters. The van der Waals surface area contributed by atoms with E-state index in [0.29, 0.717) is 6.42 Å². The van der Waals surface area contributed by atoms with Crippen molar-refractivity contribution in [2.45, 2.75) is 37.4 Å². The van der Waals surface area contributed by atoms with E-state index in [4.69, 9.17) is 5.73 Å². The van der Waals surface area contributed by atoms with Crippen LogP contribution in [0.15, 0.2) is 84.9 Å². The van der Waals surface area contributed by atoms with Gasteiger partial charge in [-0.15, -0.1) is 0 Å². The number of nitrogens with two attached hydrogens (primary N) is 1. The van der Waals surface area contributed by atoms with Crippen molar-refractivity contribution in [2.24, 2.45) is 5.73 Å². The second kappa shape index (κ2) is 11.3. The van der Waals surface area contributed by atoms with Crippen LogP contribution in [0.5, 0.6) is 0 Å². The van der Waals surface area contributed by atoms with Gasteiger partial charge in [-0.1, -0.05) is 84.9 Å². The van der Waals surface area contributed by atoms with Crippen LogP contribution >= 0.6 is 0 Å². The number of benzene rings is 3. The predicted molar refractivity (Wildman–Crippen MR) is 135 cm³/mol. The molecule has 1 heterocycles. The molecule has 4 amide bonds. The van der Waals surface area contributed by atoms with Crippen molar-refractivity contribution in [3.8, 4) is 11.1 Å². The summed E-state index contributed by atoms with van der Waals surface area (Å²) in [7, 11) is 0. The molecule has 4 rings (SSSR count). The maximum atomic E-state index is 12.6. The van der Waals surface area contributed by atoms with Gasteiger partial charge < -0.3 is 21.7 Å². The Balaban J connectivity index is 1.32. The van der Waals surface area contributed by atoms with E-state index < -0.39 is 35.8 Å². The van der Waals surface area contributed by atoms with E-state index in [1.807, 2.05) is 84.9 Å². The van der Waals surface area contributed by atoms with Crippen molar-refractivity contribution in [3.05, 3.63) is 96.1 Å². The van der Waals surface area contributed by atoms with Crippen LogP contribution < -0.4 is 21.7 Å². The highest BCUT2D eigenvalue weighted by atomic mass is 16.2. The molecule has 1 aliphatic heterocycles. The predicted octanol–water partition coefficient (Wildman–Crippen LogP) is 1.48. The quantitative estimate of drug-likeness (QED) is 0.366. The van der Waals surface area contributed by atoms with E-state index in [9.17, 15) is 19.2 Å². The Kier molecular flexibility index (Phi) is 7.75. The Morgan fingerprint density at radius 1 is 0.750 bits per heavy atom. The smallest absolute Gasteiger partial charge is 0.243 e. The van der Waals surface area contributed by atoms with Crippen molar-refractivity contribution < 1.29 is 19.2 Å². The van der Waals surface area contributed by atoms with Gasteiger partial charge in [0.2, 0.25) is 23.6 Å². The number of carbonyl (C=O) groups is 4. The van der Waals surface area contributed by atoms with E-state index in [0.717, 1.165) is 22.3 Å². The summed E-state index contributed by atoms with van der Waals surface area (Å²) in [5.41, 5.74) is 9.37. The SMILES string of the molecule is NC(=O)[C@@H](Cc1ccc(-c2ccccc2)cc1)NC(=O)C[C@@H]1NC(=O)[C@H](Cc2ccccc2)NC1=O. The van der Waals surface area contributed by atoms with Crippen LogP contribution in [0.25, 0.3) is 11.1 Å². The second-order valence-corrected chi connectivity index (χ2v) is 8.81. The first-order valence-electron chi connectivity index (χ1n) is 11.8. The molecule has 0 spiro atoms. The fourth-order valence-electron chi connectivity index (χ4n) is 4.17. The number of rotatable bonds is 9. The van der Waals surface area contributed by atoms with Crippen LogP contribution in [-0.4, -0.2) is 41.8 Å². The summed E-state index contributed by atoms with van der Waals surface area (Å²) in [6.07, 6.45) is 0.259. The zero-order valence-electron chi connectivity index (χ0n) is 19.6. The largest absolute Gasteiger partial charge is 0.368 e. The first-order chi connectivity index (χ1) is 17.4. The molecule has 0 bridgehead atoms. The number of amides is 4. The van der Waals surface area contributed by atoms with Gasteiger partial charge in [-0.2, -0.15) is 0 Å². The molecule has 1 saturated heterocycles. The van der Waals surface area contributed by atoms with E-state index in [1.54, 1.807) is 0 Å². The maximum Gasteiger partial charge on any atom is 0.243 e. The van der Waals surface area contributed by atoms with Crippen LogP contribution in [0, 0.1) is 0 Å². The lowest BCUT2D eigenvalue weighted by Gasteiger charge is -2.29. The molecule has 0 saturated carbocycles. The van der Waals surface area contributed by atoms with Gasteiger partial charge in [-0.25, -0.2) is 0 Å². The number of nitrogens with one attached hydrogen (secondary N) is 3. The summed E-state index contributed by atoms with van der Waals surface area (Å²) < 4.78 is 0. The highest BCUT2D eigenvalue weighted by Gasteiger charge is 2.35. The minimum atomic E-state index is -1.02. The molecule has 5 N–H and O–H groups in total. The third kappa shape index (κ3) is 6.35. The summed E-state index contributed by atoms with van der Waals surface area (Å²) in [6.45, 7) is 0. The van der Waals surface area contributed by atoms with E-state index in [2.05, 4.69) is 16.0 Å².